The summed E-state index contributed by atoms with van der Waals surface area (Å²) in [4.78, 5) is 11.2. The quantitative estimate of drug-likeness (QED) is 0.255. The van der Waals surface area contributed by atoms with Gasteiger partial charge in [-0.25, -0.2) is 9.98 Å². The van der Waals surface area contributed by atoms with Crippen molar-refractivity contribution >= 4 is 34.2 Å². The van der Waals surface area contributed by atoms with Gasteiger partial charge < -0.3 is 0 Å². The monoisotopic (exact) mass is 559 g/mol. The highest BCUT2D eigenvalue weighted by Crippen LogP contribution is 2.34. The Morgan fingerprint density at radius 3 is 2.46 bits per heavy atom. The molecule has 0 unspecified atom stereocenters. The molecule has 7 nitrogen and oxygen atoms in total. The van der Waals surface area contributed by atoms with E-state index in [1.165, 1.54) is 0 Å². The molecule has 1 aliphatic heterocycles. The SMILES string of the molecule is C=C(N=C(Cl)/C=C(\C)Cl)N1C(=C)C(Cc2ccc(-c3ccccc3-c3nn[nH]n3)cc2)=C(CCCC)N=C1C. The summed E-state index contributed by atoms with van der Waals surface area (Å²) in [6.07, 6.45) is 5.24. The number of aliphatic imine (C=N–C) groups is 2. The van der Waals surface area contributed by atoms with Crippen LogP contribution in [0.4, 0.5) is 0 Å². The fourth-order valence-corrected chi connectivity index (χ4v) is 4.91. The maximum atomic E-state index is 6.26. The molecule has 0 radical (unpaired) electrons. The standard InChI is InChI=1S/C30H31Cl2N7/c1-6-7-12-28-27(20(3)39(21(4)33-28)22(5)34-29(32)17-19(2)31)18-23-13-15-24(16-14-23)25-10-8-9-11-26(25)30-35-37-38-36-30/h8-11,13-17H,3,5-7,12,18H2,1-2,4H3,(H,35,36,37,38)/b19-17+,34-29?. The molecule has 0 fully saturated rings. The molecule has 4 rings (SSSR count). The summed E-state index contributed by atoms with van der Waals surface area (Å²) < 4.78 is 0. The highest BCUT2D eigenvalue weighted by atomic mass is 35.5. The van der Waals surface area contributed by atoms with Crippen LogP contribution in [0.5, 0.6) is 0 Å². The van der Waals surface area contributed by atoms with Crippen LogP contribution in [-0.4, -0.2) is 36.5 Å². The van der Waals surface area contributed by atoms with Crippen molar-refractivity contribution < 1.29 is 0 Å². The van der Waals surface area contributed by atoms with Gasteiger partial charge in [0.15, 0.2) is 0 Å². The van der Waals surface area contributed by atoms with Gasteiger partial charge in [0, 0.05) is 34.0 Å². The Kier molecular flexibility index (Phi) is 9.28. The van der Waals surface area contributed by atoms with E-state index in [0.29, 0.717) is 23.1 Å². The molecule has 0 amide bonds. The fourth-order valence-electron chi connectivity index (χ4n) is 4.49. The summed E-state index contributed by atoms with van der Waals surface area (Å²) in [6, 6.07) is 16.5. The van der Waals surface area contributed by atoms with Crippen LogP contribution in [-0.2, 0) is 6.42 Å². The molecule has 2 aromatic carbocycles. The molecule has 0 bridgehead atoms. The van der Waals surface area contributed by atoms with Crippen molar-refractivity contribution in [2.24, 2.45) is 9.98 Å². The lowest BCUT2D eigenvalue weighted by atomic mass is 9.94. The molecule has 3 aromatic rings. The lowest BCUT2D eigenvalue weighted by molar-refractivity contribution is 0.605. The molecule has 0 saturated carbocycles. The van der Waals surface area contributed by atoms with Crippen molar-refractivity contribution in [3.63, 3.8) is 0 Å². The minimum atomic E-state index is 0.243. The predicted octanol–water partition coefficient (Wildman–Crippen LogP) is 8.02. The summed E-state index contributed by atoms with van der Waals surface area (Å²) >= 11 is 12.2. The van der Waals surface area contributed by atoms with E-state index in [9.17, 15) is 0 Å². The molecule has 0 spiro atoms. The number of hydrogen-bond acceptors (Lipinski definition) is 6. The summed E-state index contributed by atoms with van der Waals surface area (Å²) in [6.45, 7) is 14.4. The largest absolute Gasteiger partial charge is 0.283 e. The van der Waals surface area contributed by atoms with Gasteiger partial charge in [0.1, 0.15) is 16.8 Å². The zero-order chi connectivity index (χ0) is 27.9. The number of hydrogen-bond donors (Lipinski definition) is 1. The highest BCUT2D eigenvalue weighted by Gasteiger charge is 2.25. The number of tetrazole rings is 1. The maximum absolute atomic E-state index is 6.26. The van der Waals surface area contributed by atoms with Crippen LogP contribution in [0.25, 0.3) is 22.5 Å². The maximum Gasteiger partial charge on any atom is 0.205 e. The van der Waals surface area contributed by atoms with E-state index in [1.807, 2.05) is 30.0 Å². The van der Waals surface area contributed by atoms with Crippen molar-refractivity contribution in [2.75, 3.05) is 0 Å². The number of unbranched alkanes of at least 4 members (excludes halogenated alkanes) is 1. The van der Waals surface area contributed by atoms with E-state index in [2.05, 4.69) is 76.0 Å². The van der Waals surface area contributed by atoms with Gasteiger partial charge in [-0.1, -0.05) is 98.2 Å². The molecule has 2 heterocycles. The average molecular weight is 561 g/mol. The van der Waals surface area contributed by atoms with Crippen LogP contribution in [0.15, 0.2) is 106 Å². The molecular formula is C30H31Cl2N7. The summed E-state index contributed by atoms with van der Waals surface area (Å²) in [7, 11) is 0. The first kappa shape index (κ1) is 28.2. The first-order chi connectivity index (χ1) is 18.8. The Labute approximate surface area is 239 Å². The third-order valence-corrected chi connectivity index (χ3v) is 6.63. The van der Waals surface area contributed by atoms with Gasteiger partial charge in [-0.05, 0) is 54.7 Å². The van der Waals surface area contributed by atoms with Crippen molar-refractivity contribution in [3.05, 3.63) is 101 Å². The summed E-state index contributed by atoms with van der Waals surface area (Å²) in [5, 5.41) is 15.3. The van der Waals surface area contributed by atoms with Gasteiger partial charge in [0.25, 0.3) is 0 Å². The molecule has 200 valence electrons. The van der Waals surface area contributed by atoms with Crippen LogP contribution >= 0.6 is 23.2 Å². The number of benzene rings is 2. The molecule has 39 heavy (non-hydrogen) atoms. The Balaban J connectivity index is 1.63. The number of nitrogens with one attached hydrogen (secondary N) is 1. The van der Waals surface area contributed by atoms with Gasteiger partial charge in [0.2, 0.25) is 5.82 Å². The molecule has 0 atom stereocenters. The molecule has 1 aromatic heterocycles. The second-order valence-corrected chi connectivity index (χ2v) is 10.2. The minimum Gasteiger partial charge on any atom is -0.283 e. The second-order valence-electron chi connectivity index (χ2n) is 9.21. The predicted molar refractivity (Wildman–Crippen MR) is 161 cm³/mol. The summed E-state index contributed by atoms with van der Waals surface area (Å²) in [5.74, 6) is 1.75. The number of H-pyrrole nitrogens is 1. The molecule has 1 N–H and O–H groups in total. The van der Waals surface area contributed by atoms with Crippen molar-refractivity contribution in [1.82, 2.24) is 25.5 Å². The average Bonchev–Trinajstić information content (AvgIpc) is 3.44. The molecule has 0 aliphatic carbocycles. The Morgan fingerprint density at radius 2 is 1.82 bits per heavy atom. The first-order valence-corrected chi connectivity index (χ1v) is 13.5. The number of nitrogens with zero attached hydrogens (tertiary/aromatic N) is 6. The molecule has 1 aliphatic rings. The fraction of sp³-hybridized carbons (Fsp3) is 0.233. The number of amidine groups is 1. The van der Waals surface area contributed by atoms with E-state index < -0.39 is 0 Å². The van der Waals surface area contributed by atoms with Crippen LogP contribution in [0.1, 0.15) is 45.6 Å². The van der Waals surface area contributed by atoms with Gasteiger partial charge in [-0.3, -0.25) is 4.90 Å². The summed E-state index contributed by atoms with van der Waals surface area (Å²) in [5.41, 5.74) is 7.06. The van der Waals surface area contributed by atoms with Gasteiger partial charge in [-0.15, -0.1) is 10.2 Å². The number of halogens is 2. The van der Waals surface area contributed by atoms with Crippen LogP contribution in [0.3, 0.4) is 0 Å². The van der Waals surface area contributed by atoms with E-state index in [1.54, 1.807) is 13.0 Å². The van der Waals surface area contributed by atoms with E-state index in [4.69, 9.17) is 28.2 Å². The van der Waals surface area contributed by atoms with Crippen LogP contribution < -0.4 is 0 Å². The van der Waals surface area contributed by atoms with Crippen LogP contribution in [0.2, 0.25) is 0 Å². The number of rotatable bonds is 10. The van der Waals surface area contributed by atoms with Crippen molar-refractivity contribution in [1.29, 1.82) is 0 Å². The van der Waals surface area contributed by atoms with Gasteiger partial charge in [0.05, 0.1) is 0 Å². The number of allylic oxidation sites excluding steroid dienone is 4. The Morgan fingerprint density at radius 1 is 1.10 bits per heavy atom. The first-order valence-electron chi connectivity index (χ1n) is 12.7. The lowest BCUT2D eigenvalue weighted by Gasteiger charge is -2.32. The lowest BCUT2D eigenvalue weighted by Crippen LogP contribution is -2.31. The topological polar surface area (TPSA) is 82.4 Å². The zero-order valence-corrected chi connectivity index (χ0v) is 23.9. The zero-order valence-electron chi connectivity index (χ0n) is 22.4. The Hall–Kier alpha value is -3.81. The van der Waals surface area contributed by atoms with E-state index in [-0.39, 0.29) is 5.17 Å². The third kappa shape index (κ3) is 6.80. The number of aromatic amines is 1. The van der Waals surface area contributed by atoms with E-state index in [0.717, 1.165) is 64.3 Å². The van der Waals surface area contributed by atoms with Crippen LogP contribution in [0, 0.1) is 0 Å². The smallest absolute Gasteiger partial charge is 0.205 e. The minimum absolute atomic E-state index is 0.243. The van der Waals surface area contributed by atoms with Gasteiger partial charge >= 0.3 is 0 Å². The molecular weight excluding hydrogens is 529 g/mol. The van der Waals surface area contributed by atoms with Gasteiger partial charge in [-0.2, -0.15) is 5.21 Å². The number of aromatic nitrogens is 4. The normalized spacial score (nSPS) is 14.6. The molecule has 9 heteroatoms. The second kappa shape index (κ2) is 12.8. The molecule has 0 saturated heterocycles. The Bertz CT molecular complexity index is 1480. The van der Waals surface area contributed by atoms with Crippen molar-refractivity contribution in [2.45, 2.75) is 46.5 Å². The highest BCUT2D eigenvalue weighted by molar-refractivity contribution is 6.69. The third-order valence-electron chi connectivity index (χ3n) is 6.33. The van der Waals surface area contributed by atoms with Crippen molar-refractivity contribution in [3.8, 4) is 22.5 Å². The van der Waals surface area contributed by atoms with E-state index >= 15 is 0 Å².